The number of hydrogen-bond acceptors (Lipinski definition) is 6. The minimum absolute atomic E-state index is 0.183. The third kappa shape index (κ3) is 10.3. The molecule has 6 heterocycles. The second-order valence-corrected chi connectivity index (χ2v) is 35.8. The van der Waals surface area contributed by atoms with Crippen molar-refractivity contribution in [1.29, 1.82) is 0 Å². The second-order valence-electron chi connectivity index (χ2n) is 20.5. The zero-order valence-electron chi connectivity index (χ0n) is 45.5. The van der Waals surface area contributed by atoms with Crippen LogP contribution in [0.1, 0.15) is 0 Å². The van der Waals surface area contributed by atoms with Crippen LogP contribution in [0.3, 0.4) is 0 Å². The largest absolute Gasteiger partial charge is 0.507 e. The van der Waals surface area contributed by atoms with E-state index in [2.05, 4.69) is 256 Å². The fourth-order valence-electron chi connectivity index (χ4n) is 11.7. The summed E-state index contributed by atoms with van der Waals surface area (Å²) in [5.74, 6) is 1.01. The molecule has 16 rings (SSSR count). The Morgan fingerprint density at radius 2 is 0.659 bits per heavy atom. The van der Waals surface area contributed by atoms with Gasteiger partial charge in [-0.15, -0.1) is 0 Å². The smallest absolute Gasteiger partial charge is 0.128 e. The molecule has 8 nitrogen and oxygen atoms in total. The summed E-state index contributed by atoms with van der Waals surface area (Å²) >= 11 is 9.51. The van der Waals surface area contributed by atoms with Crippen LogP contribution < -0.4 is 4.74 Å². The van der Waals surface area contributed by atoms with Gasteiger partial charge in [0.2, 0.25) is 0 Å². The van der Waals surface area contributed by atoms with E-state index in [-0.39, 0.29) is 9.78 Å². The molecule has 0 unspecified atom stereocenters. The van der Waals surface area contributed by atoms with Crippen molar-refractivity contribution in [3.63, 3.8) is 0 Å². The summed E-state index contributed by atoms with van der Waals surface area (Å²) < 4.78 is 10.1. The van der Waals surface area contributed by atoms with Gasteiger partial charge >= 0.3 is 0 Å². The molecule has 10 aromatic carbocycles. The summed E-state index contributed by atoms with van der Waals surface area (Å²) in [7, 11) is 1.69. The molecule has 0 saturated carbocycles. The molecule has 408 valence electrons. The maximum atomic E-state index is 10.4. The predicted octanol–water partition coefficient (Wildman–Crippen LogP) is 21.5. The molecule has 16 aromatic rings. The normalized spacial score (nSPS) is 11.4. The van der Waals surface area contributed by atoms with Crippen molar-refractivity contribution in [2.24, 2.45) is 0 Å². The molecule has 0 atom stereocenters. The quantitative estimate of drug-likeness (QED) is 0.126. The van der Waals surface area contributed by atoms with E-state index in [9.17, 15) is 5.11 Å². The van der Waals surface area contributed by atoms with Gasteiger partial charge in [0, 0.05) is 76.7 Å². The molecule has 0 spiro atoms. The monoisotopic (exact) mass is 1310 g/mol. The number of phenols is 1. The Morgan fingerprint density at radius 1 is 0.341 bits per heavy atom. The molecule has 0 fully saturated rings. The number of pyridine rings is 4. The zero-order chi connectivity index (χ0) is 57.5. The molecule has 0 amide bonds. The number of aromatic nitrogens is 6. The summed E-state index contributed by atoms with van der Waals surface area (Å²) in [6, 6.07) is 91.7. The molecule has 1 N–H and O–H groups in total. The lowest BCUT2D eigenvalue weighted by Gasteiger charge is -2.12. The maximum Gasteiger partial charge on any atom is 0.128 e. The molecule has 6 aromatic heterocycles. The minimum atomic E-state index is -0.183. The topological polar surface area (TPSA) is 90.9 Å². The Labute approximate surface area is 514 Å². The number of fused-ring (bicyclic) bond motifs is 12. The van der Waals surface area contributed by atoms with Gasteiger partial charge < -0.3 is 19.0 Å². The number of hydrogen-bond donors (Lipinski definition) is 1. The summed E-state index contributed by atoms with van der Waals surface area (Å²) in [6.45, 7) is 0. The lowest BCUT2D eigenvalue weighted by atomic mass is 10.0. The van der Waals surface area contributed by atoms with E-state index in [1.165, 1.54) is 43.6 Å². The highest BCUT2D eigenvalue weighted by Crippen LogP contribution is 2.59. The highest BCUT2D eigenvalue weighted by Gasteiger charge is 2.17. The minimum Gasteiger partial charge on any atom is -0.507 e. The van der Waals surface area contributed by atoms with E-state index in [1.54, 1.807) is 13.2 Å². The van der Waals surface area contributed by atoms with Crippen LogP contribution >= 0.6 is 50.5 Å². The predicted molar refractivity (Wildman–Crippen MR) is 366 cm³/mol. The van der Waals surface area contributed by atoms with Crippen molar-refractivity contribution in [2.45, 2.75) is 0 Å². The lowest BCUT2D eigenvalue weighted by molar-refractivity contribution is 0.416. The van der Waals surface area contributed by atoms with Crippen molar-refractivity contribution in [2.75, 3.05) is 7.11 Å². The highest BCUT2D eigenvalue weighted by molar-refractivity contribution is 9.93. The van der Waals surface area contributed by atoms with Gasteiger partial charge in [0.15, 0.2) is 0 Å². The van der Waals surface area contributed by atoms with Gasteiger partial charge in [0.05, 0.1) is 74.0 Å². The number of benzene rings is 10. The maximum absolute atomic E-state index is 10.4. The molecule has 0 aliphatic carbocycles. The van der Waals surface area contributed by atoms with E-state index in [1.807, 2.05) is 60.7 Å². The Kier molecular flexibility index (Phi) is 14.7. The number of halogens is 3. The first kappa shape index (κ1) is 53.9. The second kappa shape index (κ2) is 23.2. The molecule has 0 radical (unpaired) electrons. The first-order valence-electron chi connectivity index (χ1n) is 27.5. The number of aromatic hydroxyl groups is 1. The first-order valence-corrected chi connectivity index (χ1v) is 34.9. The fraction of sp³-hybridized carbons (Fsp3) is 0.0137. The van der Waals surface area contributed by atoms with Gasteiger partial charge in [-0.3, -0.25) is 0 Å². The standard InChI is InChI=1S/C37H25N3O.C36H23N3O.Br3P/c1-41-35-16-7-4-13-30(35)32-22-20-25-18-17-24-19-21-31(38-36(24)37(25)39-32)26-9-8-10-27(23-26)40-33-14-5-2-11-28(33)29-12-3-6-15-34(29)40;40-34-15-6-3-12-29(34)31-21-19-24-17-16-23-18-20-30(37-35(23)36(24)38-31)25-8-7-9-26(22-25)39-32-13-4-1-10-27(32)28-11-2-5-14-33(28)39;1-4(2)3/h2-23H,1H3;1-22,40H;. The molecule has 0 aliphatic rings. The van der Waals surface area contributed by atoms with Crippen LogP contribution in [0.15, 0.2) is 267 Å². The van der Waals surface area contributed by atoms with Gasteiger partial charge in [-0.25, -0.2) is 19.9 Å². The Morgan fingerprint density at radius 3 is 1.06 bits per heavy atom. The van der Waals surface area contributed by atoms with Gasteiger partial charge in [0.25, 0.3) is 0 Å². The molecule has 0 aliphatic heterocycles. The first-order chi connectivity index (χ1) is 41.8. The van der Waals surface area contributed by atoms with Crippen molar-refractivity contribution < 1.29 is 9.84 Å². The van der Waals surface area contributed by atoms with Crippen LogP contribution in [0.4, 0.5) is 0 Å². The number of ether oxygens (including phenoxy) is 1. The van der Waals surface area contributed by atoms with Gasteiger partial charge in [-0.1, -0.05) is 170 Å². The van der Waals surface area contributed by atoms with Crippen LogP contribution in [-0.2, 0) is 0 Å². The summed E-state index contributed by atoms with van der Waals surface area (Å²) in [5.41, 5.74) is 17.5. The van der Waals surface area contributed by atoms with Crippen LogP contribution in [0, 0.1) is 0 Å². The average molecular weight is 1310 g/mol. The molecule has 0 saturated heterocycles. The van der Waals surface area contributed by atoms with E-state index in [0.717, 1.165) is 100 Å². The highest BCUT2D eigenvalue weighted by atomic mass is 80.0. The Bertz CT molecular complexity index is 5130. The van der Waals surface area contributed by atoms with Crippen molar-refractivity contribution in [3.05, 3.63) is 267 Å². The van der Waals surface area contributed by atoms with E-state index in [0.29, 0.717) is 5.56 Å². The fourth-order valence-corrected chi connectivity index (χ4v) is 11.7. The van der Waals surface area contributed by atoms with Crippen LogP contribution in [0.5, 0.6) is 11.5 Å². The molecule has 0 bridgehead atoms. The van der Waals surface area contributed by atoms with E-state index >= 15 is 0 Å². The van der Waals surface area contributed by atoms with Crippen molar-refractivity contribution in [3.8, 4) is 67.9 Å². The van der Waals surface area contributed by atoms with Crippen LogP contribution in [0.25, 0.3) is 144 Å². The number of nitrogens with zero attached hydrogens (tertiary/aromatic N) is 6. The van der Waals surface area contributed by atoms with Gasteiger partial charge in [-0.2, -0.15) is 0 Å². The molecular weight excluding hydrogens is 1260 g/mol. The van der Waals surface area contributed by atoms with E-state index in [4.69, 9.17) is 24.7 Å². The SMILES string of the molecule is BrP(Br)Br.COc1ccccc1-c1ccc2ccc3ccc(-c4cccc(-n5c6ccccc6c6ccccc65)c4)nc3c2n1.Oc1ccccc1-c1ccc2ccc3ccc(-c4cccc(-n5c6ccccc6c6ccccc65)c4)nc3c2n1. The third-order valence-electron chi connectivity index (χ3n) is 15.6. The Balaban J connectivity index is 0.000000142. The van der Waals surface area contributed by atoms with Crippen molar-refractivity contribution >= 4 is 138 Å². The average Bonchev–Trinajstić information content (AvgIpc) is 4.03. The number of methoxy groups -OCH3 is 1. The molecule has 85 heavy (non-hydrogen) atoms. The number of phenolic OH excluding ortho intramolecular Hbond substituents is 1. The lowest BCUT2D eigenvalue weighted by Crippen LogP contribution is -1.95. The zero-order valence-corrected chi connectivity index (χ0v) is 51.2. The summed E-state index contributed by atoms with van der Waals surface area (Å²) in [6.07, 6.45) is 0. The van der Waals surface area contributed by atoms with E-state index < -0.39 is 0 Å². The van der Waals surface area contributed by atoms with Gasteiger partial charge in [0.1, 0.15) is 15.5 Å². The third-order valence-corrected chi connectivity index (χ3v) is 15.6. The number of rotatable bonds is 7. The summed E-state index contributed by atoms with van der Waals surface area (Å²) in [5, 5.41) is 19.6. The molecule has 12 heteroatoms. The molecular formula is C73H48Br3N6O2P. The summed E-state index contributed by atoms with van der Waals surface area (Å²) in [4.78, 5) is 20.4. The van der Waals surface area contributed by atoms with Crippen LogP contribution in [-0.4, -0.2) is 41.3 Å². The number of para-hydroxylation sites is 6. The van der Waals surface area contributed by atoms with Gasteiger partial charge in [-0.05, 0) is 144 Å². The van der Waals surface area contributed by atoms with Crippen molar-refractivity contribution in [1.82, 2.24) is 29.1 Å². The Hall–Kier alpha value is -9.09. The van der Waals surface area contributed by atoms with Crippen LogP contribution in [0.2, 0.25) is 0 Å².